The smallest absolute Gasteiger partial charge is 0.341 e. The van der Waals surface area contributed by atoms with Crippen LogP contribution in [0.4, 0.5) is 9.39 Å². The van der Waals surface area contributed by atoms with Crippen molar-refractivity contribution in [1.29, 1.82) is 0 Å². The zero-order valence-electron chi connectivity index (χ0n) is 15.9. The lowest BCUT2D eigenvalue weighted by atomic mass is 10.0. The van der Waals surface area contributed by atoms with E-state index in [4.69, 9.17) is 9.47 Å². The average molecular weight is 557 g/mol. The largest absolute Gasteiger partial charge is 0.483 e. The van der Waals surface area contributed by atoms with Crippen LogP contribution in [-0.2, 0) is 9.53 Å². The van der Waals surface area contributed by atoms with Gasteiger partial charge in [-0.3, -0.25) is 4.79 Å². The standard InChI is InChI=1S/C21H16Br2FNO4S/c1-11-18(12-3-6-14(24)7-4-12)19(21(27)28-2)20(30-11)25-17(26)10-29-16-8-5-13(22)9-15(16)23/h3-9H,10H2,1-2H3,(H,25,26). The second-order valence-electron chi connectivity index (χ2n) is 6.15. The van der Waals surface area contributed by atoms with Gasteiger partial charge < -0.3 is 14.8 Å². The Labute approximate surface area is 193 Å². The molecule has 0 aliphatic carbocycles. The van der Waals surface area contributed by atoms with Gasteiger partial charge in [0.2, 0.25) is 0 Å². The minimum Gasteiger partial charge on any atom is -0.483 e. The van der Waals surface area contributed by atoms with Crippen LogP contribution >= 0.6 is 43.2 Å². The highest BCUT2D eigenvalue weighted by atomic mass is 79.9. The molecule has 0 aliphatic rings. The van der Waals surface area contributed by atoms with Crippen molar-refractivity contribution in [3.63, 3.8) is 0 Å². The summed E-state index contributed by atoms with van der Waals surface area (Å²) in [6.07, 6.45) is 0. The number of ether oxygens (including phenoxy) is 2. The van der Waals surface area contributed by atoms with Gasteiger partial charge in [0, 0.05) is 14.9 Å². The Morgan fingerprint density at radius 3 is 2.47 bits per heavy atom. The number of methoxy groups -OCH3 is 1. The van der Waals surface area contributed by atoms with Crippen molar-refractivity contribution >= 4 is 60.1 Å². The molecule has 1 N–H and O–H groups in total. The number of nitrogens with one attached hydrogen (secondary N) is 1. The van der Waals surface area contributed by atoms with Gasteiger partial charge in [-0.05, 0) is 58.7 Å². The quantitative estimate of drug-likeness (QED) is 0.368. The lowest BCUT2D eigenvalue weighted by Gasteiger charge is -2.10. The monoisotopic (exact) mass is 555 g/mol. The van der Waals surface area contributed by atoms with Gasteiger partial charge in [-0.25, -0.2) is 9.18 Å². The van der Waals surface area contributed by atoms with Crippen molar-refractivity contribution in [2.45, 2.75) is 6.92 Å². The van der Waals surface area contributed by atoms with Crippen molar-refractivity contribution in [3.05, 3.63) is 67.7 Å². The van der Waals surface area contributed by atoms with Gasteiger partial charge in [-0.1, -0.05) is 28.1 Å². The number of hydrogen-bond acceptors (Lipinski definition) is 5. The van der Waals surface area contributed by atoms with E-state index in [1.165, 1.54) is 30.6 Å². The van der Waals surface area contributed by atoms with Crippen LogP contribution in [0, 0.1) is 12.7 Å². The molecule has 0 unspecified atom stereocenters. The van der Waals surface area contributed by atoms with Gasteiger partial charge in [0.05, 0.1) is 11.6 Å². The first-order chi connectivity index (χ1) is 14.3. The van der Waals surface area contributed by atoms with Gasteiger partial charge in [0.25, 0.3) is 5.91 Å². The summed E-state index contributed by atoms with van der Waals surface area (Å²) in [5, 5.41) is 3.07. The Morgan fingerprint density at radius 2 is 1.83 bits per heavy atom. The molecule has 0 saturated carbocycles. The maximum atomic E-state index is 13.3. The summed E-state index contributed by atoms with van der Waals surface area (Å²) in [5.74, 6) is -0.889. The number of halogens is 3. The number of carbonyl (C=O) groups is 2. The molecular formula is C21H16Br2FNO4S. The highest BCUT2D eigenvalue weighted by Gasteiger charge is 2.25. The van der Waals surface area contributed by atoms with Crippen LogP contribution in [0.3, 0.4) is 0 Å². The molecule has 0 saturated heterocycles. The second-order valence-corrected chi connectivity index (χ2v) is 9.14. The number of amides is 1. The molecule has 3 aromatic rings. The summed E-state index contributed by atoms with van der Waals surface area (Å²) in [6.45, 7) is 1.57. The molecule has 1 heterocycles. The van der Waals surface area contributed by atoms with E-state index in [-0.39, 0.29) is 18.0 Å². The predicted octanol–water partition coefficient (Wildman–Crippen LogP) is 6.19. The van der Waals surface area contributed by atoms with Gasteiger partial charge >= 0.3 is 5.97 Å². The van der Waals surface area contributed by atoms with Crippen LogP contribution in [0.25, 0.3) is 11.1 Å². The molecule has 0 spiro atoms. The maximum absolute atomic E-state index is 13.3. The SMILES string of the molecule is COC(=O)c1c(NC(=O)COc2ccc(Br)cc2Br)sc(C)c1-c1ccc(F)cc1. The summed E-state index contributed by atoms with van der Waals surface area (Å²) >= 11 is 7.97. The van der Waals surface area contributed by atoms with Crippen molar-refractivity contribution < 1.29 is 23.5 Å². The molecule has 1 aromatic heterocycles. The van der Waals surface area contributed by atoms with Crippen LogP contribution < -0.4 is 10.1 Å². The Bertz CT molecular complexity index is 1100. The van der Waals surface area contributed by atoms with Crippen molar-refractivity contribution in [1.82, 2.24) is 0 Å². The molecule has 156 valence electrons. The van der Waals surface area contributed by atoms with Crippen molar-refractivity contribution in [2.75, 3.05) is 19.0 Å². The fourth-order valence-corrected chi connectivity index (χ4v) is 5.03. The molecule has 0 atom stereocenters. The molecule has 0 fully saturated rings. The molecular weight excluding hydrogens is 541 g/mol. The number of benzene rings is 2. The lowest BCUT2D eigenvalue weighted by Crippen LogP contribution is -2.21. The van der Waals surface area contributed by atoms with E-state index in [2.05, 4.69) is 37.2 Å². The molecule has 0 bridgehead atoms. The Balaban J connectivity index is 1.84. The summed E-state index contributed by atoms with van der Waals surface area (Å²) in [7, 11) is 1.27. The highest BCUT2D eigenvalue weighted by Crippen LogP contribution is 2.40. The molecule has 0 aliphatic heterocycles. The number of aryl methyl sites for hydroxylation is 1. The third-order valence-corrected chi connectivity index (χ3v) is 6.25. The fourth-order valence-electron chi connectivity index (χ4n) is 2.79. The van der Waals surface area contributed by atoms with E-state index in [1.807, 2.05) is 6.92 Å². The normalized spacial score (nSPS) is 10.6. The molecule has 3 rings (SSSR count). The third-order valence-electron chi connectivity index (χ3n) is 4.11. The van der Waals surface area contributed by atoms with E-state index in [0.717, 1.165) is 9.35 Å². The Hall–Kier alpha value is -2.23. The van der Waals surface area contributed by atoms with E-state index >= 15 is 0 Å². The van der Waals surface area contributed by atoms with Crippen LogP contribution in [0.5, 0.6) is 5.75 Å². The van der Waals surface area contributed by atoms with E-state index < -0.39 is 11.9 Å². The molecule has 9 heteroatoms. The summed E-state index contributed by atoms with van der Waals surface area (Å²) in [4.78, 5) is 25.7. The van der Waals surface area contributed by atoms with Gasteiger partial charge in [0.15, 0.2) is 6.61 Å². The van der Waals surface area contributed by atoms with Gasteiger partial charge in [0.1, 0.15) is 22.1 Å². The Kier molecular flexibility index (Phi) is 7.27. The number of thiophene rings is 1. The molecule has 2 aromatic carbocycles. The first-order valence-corrected chi connectivity index (χ1v) is 11.1. The Morgan fingerprint density at radius 1 is 1.13 bits per heavy atom. The molecule has 30 heavy (non-hydrogen) atoms. The minimum absolute atomic E-state index is 0.227. The van der Waals surface area contributed by atoms with E-state index in [1.54, 1.807) is 30.3 Å². The number of hydrogen-bond donors (Lipinski definition) is 1. The highest BCUT2D eigenvalue weighted by molar-refractivity contribution is 9.11. The molecule has 0 radical (unpaired) electrons. The third kappa shape index (κ3) is 5.08. The zero-order chi connectivity index (χ0) is 21.8. The summed E-state index contributed by atoms with van der Waals surface area (Å²) in [5.41, 5.74) is 1.48. The lowest BCUT2D eigenvalue weighted by molar-refractivity contribution is -0.118. The van der Waals surface area contributed by atoms with E-state index in [0.29, 0.717) is 26.4 Å². The number of esters is 1. The van der Waals surface area contributed by atoms with E-state index in [9.17, 15) is 14.0 Å². The predicted molar refractivity (Wildman–Crippen MR) is 122 cm³/mol. The van der Waals surface area contributed by atoms with Gasteiger partial charge in [-0.15, -0.1) is 11.3 Å². The first kappa shape index (κ1) is 22.5. The number of rotatable bonds is 6. The maximum Gasteiger partial charge on any atom is 0.341 e. The van der Waals surface area contributed by atoms with Crippen LogP contribution in [0.15, 0.2) is 51.4 Å². The zero-order valence-corrected chi connectivity index (χ0v) is 19.9. The second kappa shape index (κ2) is 9.72. The van der Waals surface area contributed by atoms with Gasteiger partial charge in [-0.2, -0.15) is 0 Å². The summed E-state index contributed by atoms with van der Waals surface area (Å²) < 4.78 is 25.4. The number of anilines is 1. The van der Waals surface area contributed by atoms with Crippen LogP contribution in [0.2, 0.25) is 0 Å². The van der Waals surface area contributed by atoms with Crippen LogP contribution in [0.1, 0.15) is 15.2 Å². The molecule has 1 amide bonds. The average Bonchev–Trinajstić information content (AvgIpc) is 3.03. The van der Waals surface area contributed by atoms with Crippen molar-refractivity contribution in [3.8, 4) is 16.9 Å². The first-order valence-electron chi connectivity index (χ1n) is 8.65. The number of carbonyl (C=O) groups excluding carboxylic acids is 2. The van der Waals surface area contributed by atoms with Crippen LogP contribution in [-0.4, -0.2) is 25.6 Å². The topological polar surface area (TPSA) is 64.6 Å². The molecule has 5 nitrogen and oxygen atoms in total. The fraction of sp³-hybridized carbons (Fsp3) is 0.143. The van der Waals surface area contributed by atoms with Crippen molar-refractivity contribution in [2.24, 2.45) is 0 Å². The summed E-state index contributed by atoms with van der Waals surface area (Å²) in [6, 6.07) is 11.1. The minimum atomic E-state index is -0.592.